The standard InChI is InChI=1S/C33H31F9N8O7/c1-18-11-12-21-20(17-18)24(46-25(44-21)26(51)48-15-13-47(14-16-48)19-7-3-2-4-8-19)45-22-9-5-6-10-23(22)49(55-27(52)31(34,35)36)30(43)50(56-28(53)32(37,38)39)57-29(54)33(40,41)42/h2-4,7-8,11-12,17,22-23,43H,5-6,9-10,13-16H2,1H3,(H,44,45,46). The number of guanidine groups is 1. The summed E-state index contributed by atoms with van der Waals surface area (Å²) in [7, 11) is 0. The highest BCUT2D eigenvalue weighted by atomic mass is 19.4. The van der Waals surface area contributed by atoms with Gasteiger partial charge in [-0.3, -0.25) is 19.9 Å². The van der Waals surface area contributed by atoms with Crippen LogP contribution in [0.1, 0.15) is 41.9 Å². The number of nitrogens with zero attached hydrogens (tertiary/aromatic N) is 6. The van der Waals surface area contributed by atoms with Gasteiger partial charge in [-0.2, -0.15) is 44.6 Å². The highest BCUT2D eigenvalue weighted by Gasteiger charge is 2.51. The number of halogens is 9. The molecule has 2 fully saturated rings. The van der Waals surface area contributed by atoms with Gasteiger partial charge in [-0.1, -0.05) is 42.7 Å². The first-order chi connectivity index (χ1) is 26.6. The van der Waals surface area contributed by atoms with Crippen LogP contribution in [-0.2, 0) is 28.9 Å². The fraction of sp³-hybridized carbons (Fsp3) is 0.424. The Kier molecular flexibility index (Phi) is 12.2. The van der Waals surface area contributed by atoms with Crippen molar-refractivity contribution in [3.8, 4) is 0 Å². The summed E-state index contributed by atoms with van der Waals surface area (Å²) >= 11 is 0. The monoisotopic (exact) mass is 822 g/mol. The summed E-state index contributed by atoms with van der Waals surface area (Å²) in [5.74, 6) is -13.0. The van der Waals surface area contributed by atoms with Crippen molar-refractivity contribution in [3.63, 3.8) is 0 Å². The Balaban J connectivity index is 1.49. The summed E-state index contributed by atoms with van der Waals surface area (Å²) in [5, 5.41) is 9.65. The normalized spacial score (nSPS) is 17.7. The van der Waals surface area contributed by atoms with Crippen molar-refractivity contribution in [1.29, 1.82) is 5.41 Å². The van der Waals surface area contributed by atoms with E-state index in [0.29, 0.717) is 18.7 Å². The van der Waals surface area contributed by atoms with Crippen molar-refractivity contribution < 1.29 is 73.2 Å². The van der Waals surface area contributed by atoms with Gasteiger partial charge < -0.3 is 20.0 Å². The van der Waals surface area contributed by atoms with E-state index in [1.165, 1.54) is 4.90 Å². The lowest BCUT2D eigenvalue weighted by atomic mass is 9.90. The average Bonchev–Trinajstić information content (AvgIpc) is 3.15. The molecule has 1 aliphatic carbocycles. The number of aryl methyl sites for hydroxylation is 1. The molecule has 2 aromatic carbocycles. The molecule has 2 atom stereocenters. The molecule has 0 spiro atoms. The number of carbonyl (C=O) groups is 4. The molecule has 1 aromatic heterocycles. The molecule has 1 amide bonds. The zero-order chi connectivity index (χ0) is 41.9. The van der Waals surface area contributed by atoms with E-state index in [4.69, 9.17) is 5.41 Å². The molecular weight excluding hydrogens is 791 g/mol. The van der Waals surface area contributed by atoms with Crippen LogP contribution in [0.4, 0.5) is 51.0 Å². The number of amides is 1. The van der Waals surface area contributed by atoms with Gasteiger partial charge in [0.15, 0.2) is 0 Å². The number of para-hydroxylation sites is 1. The molecule has 2 unspecified atom stereocenters. The molecule has 1 aliphatic heterocycles. The van der Waals surface area contributed by atoms with Gasteiger partial charge in [0, 0.05) is 42.5 Å². The Morgan fingerprint density at radius 1 is 0.772 bits per heavy atom. The van der Waals surface area contributed by atoms with Gasteiger partial charge in [0.25, 0.3) is 5.91 Å². The van der Waals surface area contributed by atoms with Gasteiger partial charge in [-0.15, -0.1) is 0 Å². The van der Waals surface area contributed by atoms with Gasteiger partial charge in [0.2, 0.25) is 5.82 Å². The molecule has 5 rings (SSSR count). The van der Waals surface area contributed by atoms with Gasteiger partial charge in [-0.05, 0) is 44.0 Å². The van der Waals surface area contributed by atoms with Crippen molar-refractivity contribution in [2.45, 2.75) is 63.2 Å². The highest BCUT2D eigenvalue weighted by Crippen LogP contribution is 2.32. The molecule has 0 radical (unpaired) electrons. The predicted octanol–water partition coefficient (Wildman–Crippen LogP) is 5.22. The summed E-state index contributed by atoms with van der Waals surface area (Å²) in [6.07, 6.45) is -18.0. The van der Waals surface area contributed by atoms with Crippen molar-refractivity contribution in [2.75, 3.05) is 36.4 Å². The zero-order valence-corrected chi connectivity index (χ0v) is 29.4. The first-order valence-corrected chi connectivity index (χ1v) is 16.8. The second-order valence-corrected chi connectivity index (χ2v) is 12.7. The average molecular weight is 823 g/mol. The molecule has 3 aromatic rings. The lowest BCUT2D eigenvalue weighted by Crippen LogP contribution is -2.58. The topological polar surface area (TPSA) is 171 Å². The molecule has 0 bridgehead atoms. The fourth-order valence-corrected chi connectivity index (χ4v) is 5.98. The molecule has 2 heterocycles. The van der Waals surface area contributed by atoms with Crippen LogP contribution >= 0.6 is 0 Å². The van der Waals surface area contributed by atoms with Crippen LogP contribution in [0.15, 0.2) is 48.5 Å². The van der Waals surface area contributed by atoms with E-state index in [9.17, 15) is 58.7 Å². The van der Waals surface area contributed by atoms with Crippen molar-refractivity contribution in [3.05, 3.63) is 59.9 Å². The van der Waals surface area contributed by atoms with Crippen LogP contribution in [0.3, 0.4) is 0 Å². The lowest BCUT2D eigenvalue weighted by Gasteiger charge is -2.40. The van der Waals surface area contributed by atoms with Crippen LogP contribution in [0.5, 0.6) is 0 Å². The molecule has 308 valence electrons. The van der Waals surface area contributed by atoms with E-state index in [1.54, 1.807) is 25.1 Å². The number of hydrogen-bond donors (Lipinski definition) is 2. The molecule has 15 nitrogen and oxygen atoms in total. The number of rotatable bonds is 5. The van der Waals surface area contributed by atoms with Crippen molar-refractivity contribution in [2.24, 2.45) is 0 Å². The van der Waals surface area contributed by atoms with Crippen molar-refractivity contribution in [1.82, 2.24) is 25.2 Å². The minimum absolute atomic E-state index is 0.0726. The molecule has 24 heteroatoms. The number of nitrogens with one attached hydrogen (secondary N) is 2. The third-order valence-corrected chi connectivity index (χ3v) is 8.67. The van der Waals surface area contributed by atoms with Crippen molar-refractivity contribution >= 4 is 52.2 Å². The quantitative estimate of drug-likeness (QED) is 0.149. The van der Waals surface area contributed by atoms with Crippen LogP contribution in [0, 0.1) is 12.3 Å². The zero-order valence-electron chi connectivity index (χ0n) is 29.4. The molecule has 2 aliphatic rings. The summed E-state index contributed by atoms with van der Waals surface area (Å²) in [6.45, 7) is 3.16. The van der Waals surface area contributed by atoms with Gasteiger partial charge in [-0.25, -0.2) is 24.4 Å². The number of aromatic nitrogens is 2. The third kappa shape index (κ3) is 10.2. The number of piperazine rings is 1. The summed E-state index contributed by atoms with van der Waals surface area (Å²) in [5.41, 5.74) is 1.81. The second kappa shape index (κ2) is 16.6. The number of fused-ring (bicyclic) bond motifs is 1. The molecule has 1 saturated carbocycles. The number of hydrogen-bond acceptors (Lipinski definition) is 12. The largest absolute Gasteiger partial charge is 0.493 e. The molecule has 57 heavy (non-hydrogen) atoms. The van der Waals surface area contributed by atoms with E-state index in [0.717, 1.165) is 5.69 Å². The Morgan fingerprint density at radius 3 is 1.91 bits per heavy atom. The third-order valence-electron chi connectivity index (χ3n) is 8.67. The number of anilines is 2. The van der Waals surface area contributed by atoms with Crippen LogP contribution in [-0.4, -0.2) is 112 Å². The minimum Gasteiger partial charge on any atom is -0.368 e. The minimum atomic E-state index is -6.00. The van der Waals surface area contributed by atoms with Gasteiger partial charge in [0.1, 0.15) is 5.82 Å². The number of carbonyl (C=O) groups excluding carboxylic acids is 4. The lowest BCUT2D eigenvalue weighted by molar-refractivity contribution is -0.326. The van der Waals surface area contributed by atoms with E-state index in [2.05, 4.69) is 34.7 Å². The highest BCUT2D eigenvalue weighted by molar-refractivity contribution is 5.97. The summed E-state index contributed by atoms with van der Waals surface area (Å²) < 4.78 is 119. The molecular formula is C33H31F9N8O7. The SMILES string of the molecule is Cc1ccc2nc(C(=O)N3CCN(c4ccccc4)CC3)nc(NC3CCCCC3N(OC(=O)C(F)(F)F)C(=N)N(OC(=O)C(F)(F)F)OC(=O)C(F)(F)F)c2c1. The smallest absolute Gasteiger partial charge is 0.368 e. The Labute approximate surface area is 315 Å². The Hall–Kier alpha value is -6.10. The summed E-state index contributed by atoms with van der Waals surface area (Å²) in [6, 6.07) is 11.1. The van der Waals surface area contributed by atoms with E-state index < -0.39 is 70.7 Å². The number of alkyl halides is 9. The Morgan fingerprint density at radius 2 is 1.33 bits per heavy atom. The maximum absolute atomic E-state index is 13.8. The van der Waals surface area contributed by atoms with E-state index in [-0.39, 0.29) is 61.3 Å². The van der Waals surface area contributed by atoms with E-state index in [1.807, 2.05) is 30.3 Å². The maximum atomic E-state index is 13.8. The summed E-state index contributed by atoms with van der Waals surface area (Å²) in [4.78, 5) is 73.0. The Bertz CT molecular complexity index is 1960. The molecule has 2 N–H and O–H groups in total. The first kappa shape index (κ1) is 42.1. The second-order valence-electron chi connectivity index (χ2n) is 12.7. The number of benzene rings is 2. The maximum Gasteiger partial charge on any atom is 0.493 e. The van der Waals surface area contributed by atoms with Crippen LogP contribution in [0.25, 0.3) is 10.9 Å². The van der Waals surface area contributed by atoms with Crippen LogP contribution < -0.4 is 10.2 Å². The predicted molar refractivity (Wildman–Crippen MR) is 176 cm³/mol. The van der Waals surface area contributed by atoms with Crippen LogP contribution in [0.2, 0.25) is 0 Å². The van der Waals surface area contributed by atoms with Gasteiger partial charge >= 0.3 is 42.4 Å². The fourth-order valence-electron chi connectivity index (χ4n) is 5.98. The molecule has 1 saturated heterocycles. The first-order valence-electron chi connectivity index (χ1n) is 16.8. The number of hydroxylamine groups is 4. The van der Waals surface area contributed by atoms with E-state index >= 15 is 0 Å². The van der Waals surface area contributed by atoms with Gasteiger partial charge in [0.05, 0.1) is 17.6 Å².